The van der Waals surface area contributed by atoms with E-state index in [-0.39, 0.29) is 11.8 Å². The van der Waals surface area contributed by atoms with Crippen LogP contribution in [0.3, 0.4) is 0 Å². The van der Waals surface area contributed by atoms with E-state index in [1.807, 2.05) is 30.3 Å². The number of hydrogen-bond donors (Lipinski definition) is 1. The molecule has 1 rings (SSSR count). The van der Waals surface area contributed by atoms with Gasteiger partial charge in [-0.3, -0.25) is 4.79 Å². The topological polar surface area (TPSA) is 29.1 Å². The lowest BCUT2D eigenvalue weighted by molar-refractivity contribution is -0.115. The number of halogens is 1. The van der Waals surface area contributed by atoms with Crippen molar-refractivity contribution in [3.8, 4) is 0 Å². The maximum absolute atomic E-state index is 11.3. The fourth-order valence-electron chi connectivity index (χ4n) is 0.941. The molecule has 1 aromatic rings. The van der Waals surface area contributed by atoms with Crippen LogP contribution in [-0.2, 0) is 4.79 Å². The predicted molar refractivity (Wildman–Crippen MR) is 58.9 cm³/mol. The monoisotopic (exact) mass is 209 g/mol. The van der Waals surface area contributed by atoms with Crippen LogP contribution in [0.25, 0.3) is 6.08 Å². The summed E-state index contributed by atoms with van der Waals surface area (Å²) >= 11 is 5.32. The highest BCUT2D eigenvalue weighted by Gasteiger charge is 2.06. The van der Waals surface area contributed by atoms with Crippen molar-refractivity contribution in [1.29, 1.82) is 0 Å². The normalized spacial score (nSPS) is 13.0. The van der Waals surface area contributed by atoms with Crippen LogP contribution in [0.15, 0.2) is 36.4 Å². The molecule has 2 nitrogen and oxygen atoms in total. The Hall–Kier alpha value is -1.12. The maximum Gasteiger partial charge on any atom is 0.173 e. The van der Waals surface area contributed by atoms with Crippen LogP contribution < -0.4 is 4.84 Å². The first-order valence-corrected chi connectivity index (χ1v) is 4.75. The second-order valence-corrected chi connectivity index (χ2v) is 3.20. The first-order valence-electron chi connectivity index (χ1n) is 4.37. The van der Waals surface area contributed by atoms with Gasteiger partial charge < -0.3 is 0 Å². The van der Waals surface area contributed by atoms with Gasteiger partial charge >= 0.3 is 0 Å². The molecular formula is C11H12ClNO. The van der Waals surface area contributed by atoms with E-state index in [2.05, 4.69) is 4.84 Å². The summed E-state index contributed by atoms with van der Waals surface area (Å²) in [6.45, 7) is 1.71. The molecule has 0 amide bonds. The fraction of sp³-hybridized carbons (Fsp3) is 0.182. The van der Waals surface area contributed by atoms with Gasteiger partial charge in [0.2, 0.25) is 0 Å². The highest BCUT2D eigenvalue weighted by atomic mass is 35.5. The van der Waals surface area contributed by atoms with E-state index in [0.717, 1.165) is 5.56 Å². The minimum atomic E-state index is -0.350. The Morgan fingerprint density at radius 3 is 2.64 bits per heavy atom. The number of hydrogen-bond acceptors (Lipinski definition) is 2. The standard InChI is InChI=1S/C11H12ClNO/c1-9(13-12)11(14)8-7-10-5-3-2-4-6-10/h2-9,13H,1H3. The van der Waals surface area contributed by atoms with E-state index < -0.39 is 0 Å². The second-order valence-electron chi connectivity index (χ2n) is 2.98. The van der Waals surface area contributed by atoms with E-state index in [0.29, 0.717) is 0 Å². The molecule has 1 aromatic carbocycles. The average molecular weight is 210 g/mol. The molecule has 14 heavy (non-hydrogen) atoms. The number of rotatable bonds is 4. The number of benzene rings is 1. The first kappa shape index (κ1) is 11.0. The number of nitrogens with one attached hydrogen (secondary N) is 1. The van der Waals surface area contributed by atoms with Crippen molar-refractivity contribution in [3.63, 3.8) is 0 Å². The van der Waals surface area contributed by atoms with Gasteiger partial charge in [0.15, 0.2) is 5.78 Å². The van der Waals surface area contributed by atoms with Crippen LogP contribution in [0.2, 0.25) is 0 Å². The third-order valence-corrected chi connectivity index (χ3v) is 2.16. The Balaban J connectivity index is 2.61. The Bertz CT molecular complexity index is 321. The zero-order valence-corrected chi connectivity index (χ0v) is 8.66. The molecule has 0 saturated carbocycles. The summed E-state index contributed by atoms with van der Waals surface area (Å²) in [4.78, 5) is 13.7. The van der Waals surface area contributed by atoms with Crippen molar-refractivity contribution in [3.05, 3.63) is 42.0 Å². The summed E-state index contributed by atoms with van der Waals surface area (Å²) in [6, 6.07) is 9.30. The molecule has 0 heterocycles. The predicted octanol–water partition coefficient (Wildman–Crippen LogP) is 2.40. The second kappa shape index (κ2) is 5.58. The molecule has 0 aliphatic rings. The third kappa shape index (κ3) is 3.32. The zero-order chi connectivity index (χ0) is 10.4. The van der Waals surface area contributed by atoms with E-state index in [1.54, 1.807) is 13.0 Å². The summed E-state index contributed by atoms with van der Waals surface area (Å²) in [5.41, 5.74) is 1.00. The van der Waals surface area contributed by atoms with Crippen LogP contribution in [0, 0.1) is 0 Å². The molecule has 3 heteroatoms. The highest BCUT2D eigenvalue weighted by Crippen LogP contribution is 2.01. The number of carbonyl (C=O) groups excluding carboxylic acids is 1. The average Bonchev–Trinajstić information content (AvgIpc) is 2.26. The summed E-state index contributed by atoms with van der Waals surface area (Å²) in [5.74, 6) is -0.0381. The SMILES string of the molecule is CC(NCl)C(=O)C=Cc1ccccc1. The lowest BCUT2D eigenvalue weighted by Gasteiger charge is -2.01. The van der Waals surface area contributed by atoms with Crippen molar-refractivity contribution in [2.75, 3.05) is 0 Å². The molecule has 0 fully saturated rings. The van der Waals surface area contributed by atoms with Gasteiger partial charge in [0, 0.05) is 0 Å². The Morgan fingerprint density at radius 1 is 1.43 bits per heavy atom. The molecule has 0 aliphatic carbocycles. The van der Waals surface area contributed by atoms with Gasteiger partial charge in [0.1, 0.15) is 0 Å². The van der Waals surface area contributed by atoms with Crippen molar-refractivity contribution < 1.29 is 4.79 Å². The molecular weight excluding hydrogens is 198 g/mol. The quantitative estimate of drug-likeness (QED) is 0.610. The Labute approximate surface area is 88.7 Å². The van der Waals surface area contributed by atoms with Crippen LogP contribution in [0.1, 0.15) is 12.5 Å². The van der Waals surface area contributed by atoms with E-state index in [1.165, 1.54) is 6.08 Å². The lowest BCUT2D eigenvalue weighted by atomic mass is 10.1. The third-order valence-electron chi connectivity index (χ3n) is 1.83. The molecule has 0 aromatic heterocycles. The maximum atomic E-state index is 11.3. The molecule has 0 saturated heterocycles. The van der Waals surface area contributed by atoms with Crippen LogP contribution in [0.5, 0.6) is 0 Å². The molecule has 0 radical (unpaired) electrons. The molecule has 74 valence electrons. The van der Waals surface area contributed by atoms with E-state index in [9.17, 15) is 4.79 Å². The fourth-order valence-corrected chi connectivity index (χ4v) is 1.05. The van der Waals surface area contributed by atoms with Crippen LogP contribution in [-0.4, -0.2) is 11.8 Å². The summed E-state index contributed by atoms with van der Waals surface area (Å²) < 4.78 is 0. The minimum absolute atomic E-state index is 0.0381. The molecule has 0 spiro atoms. The zero-order valence-electron chi connectivity index (χ0n) is 7.91. The van der Waals surface area contributed by atoms with Gasteiger partial charge in [-0.15, -0.1) is 0 Å². The molecule has 0 aliphatic heterocycles. The Kier molecular flexibility index (Phi) is 4.36. The Morgan fingerprint density at radius 2 is 2.07 bits per heavy atom. The highest BCUT2D eigenvalue weighted by molar-refractivity contribution is 6.15. The molecule has 1 unspecified atom stereocenters. The molecule has 1 atom stereocenters. The van der Waals surface area contributed by atoms with Gasteiger partial charge in [-0.1, -0.05) is 36.4 Å². The van der Waals surface area contributed by atoms with E-state index >= 15 is 0 Å². The molecule has 0 bridgehead atoms. The lowest BCUT2D eigenvalue weighted by Crippen LogP contribution is -2.25. The van der Waals surface area contributed by atoms with Gasteiger partial charge in [-0.25, -0.2) is 4.84 Å². The first-order chi connectivity index (χ1) is 6.74. The van der Waals surface area contributed by atoms with E-state index in [4.69, 9.17) is 11.8 Å². The van der Waals surface area contributed by atoms with Crippen molar-refractivity contribution in [2.24, 2.45) is 0 Å². The minimum Gasteiger partial charge on any atom is -0.293 e. The van der Waals surface area contributed by atoms with Crippen LogP contribution >= 0.6 is 11.8 Å². The van der Waals surface area contributed by atoms with Crippen molar-refractivity contribution >= 4 is 23.6 Å². The number of carbonyl (C=O) groups is 1. The van der Waals surface area contributed by atoms with Crippen molar-refractivity contribution in [1.82, 2.24) is 4.84 Å². The summed E-state index contributed by atoms with van der Waals surface area (Å²) in [5, 5.41) is 0. The van der Waals surface area contributed by atoms with Crippen LogP contribution in [0.4, 0.5) is 0 Å². The smallest absolute Gasteiger partial charge is 0.173 e. The number of ketones is 1. The molecule has 1 N–H and O–H groups in total. The van der Waals surface area contributed by atoms with Crippen molar-refractivity contribution in [2.45, 2.75) is 13.0 Å². The summed E-state index contributed by atoms with van der Waals surface area (Å²) in [7, 11) is 0. The summed E-state index contributed by atoms with van der Waals surface area (Å²) in [6.07, 6.45) is 3.29. The van der Waals surface area contributed by atoms with Gasteiger partial charge in [0.05, 0.1) is 6.04 Å². The van der Waals surface area contributed by atoms with Gasteiger partial charge in [-0.05, 0) is 30.3 Å². The van der Waals surface area contributed by atoms with Gasteiger partial charge in [0.25, 0.3) is 0 Å². The van der Waals surface area contributed by atoms with Gasteiger partial charge in [-0.2, -0.15) is 0 Å². The largest absolute Gasteiger partial charge is 0.293 e.